The first-order chi connectivity index (χ1) is 45.9. The third-order valence-corrected chi connectivity index (χ3v) is 22.2. The van der Waals surface area contributed by atoms with Gasteiger partial charge in [-0.15, -0.1) is 13.2 Å². The Hall–Kier alpha value is -6.79. The van der Waals surface area contributed by atoms with Gasteiger partial charge in [-0.2, -0.15) is 37.2 Å². The summed E-state index contributed by atoms with van der Waals surface area (Å²) < 4.78 is 144. The fourth-order valence-electron chi connectivity index (χ4n) is 17.7. The number of alkyl halides is 9. The maximum atomic E-state index is 13.5. The first-order valence-corrected chi connectivity index (χ1v) is 34.0. The minimum atomic E-state index is -4.84. The predicted octanol–water partition coefficient (Wildman–Crippen LogP) is 11.3. The van der Waals surface area contributed by atoms with Crippen molar-refractivity contribution in [1.82, 2.24) is 63.9 Å². The van der Waals surface area contributed by atoms with Crippen molar-refractivity contribution in [2.45, 2.75) is 165 Å². The molecule has 2 spiro atoms. The van der Waals surface area contributed by atoms with Crippen LogP contribution in [0.15, 0.2) is 55.0 Å². The third kappa shape index (κ3) is 13.4. The average Bonchev–Trinajstić information content (AvgIpc) is 1.57. The number of nitrogens with two attached hydrogens (primary N) is 3. The molecule has 6 aliphatic carbocycles. The molecule has 97 heavy (non-hydrogen) atoms. The molecule has 6 aromatic rings. The van der Waals surface area contributed by atoms with Crippen LogP contribution in [0.2, 0.25) is 0 Å². The van der Waals surface area contributed by atoms with E-state index in [0.717, 1.165) is 88.7 Å². The third-order valence-electron chi connectivity index (χ3n) is 22.2. The van der Waals surface area contributed by atoms with E-state index in [0.29, 0.717) is 112 Å². The van der Waals surface area contributed by atoms with Crippen molar-refractivity contribution in [3.8, 4) is 45.3 Å². The van der Waals surface area contributed by atoms with Gasteiger partial charge < -0.3 is 45.9 Å². The number of nitrogens with zero attached hydrogens (tertiary/aromatic N) is 13. The standard InChI is InChI=1S/C25H33F3N6O2.C25H33F3N6O.C18H21F3N4O/c1-14(2)34-20(9-19(31-34)15-6-21(23(29)30-10-15)36-25(26,27)28)22-17-7-16(8-18(17)22)33-12-24(13-33)11-32(3)4-5-35-24;1-14(2)34-21(9-20(31-34)15-6-19(25(26,27)28)23(29)30-10-15)22-17-7-16(8-18(17)22)33-12-24(13-33)11-32(3)4-5-35-24;1-8(2)25-14(16-11-4-10(19)5-12(11)16)6-13(24-25)9-3-15(26-18(20)21)17(22)23-7-9/h6,9-10,14,16-18,22H,4-5,7-8,11-13H2,1-3H3,(H2,29,30);6,9-10,14,16-18,22H,4-5,7-8,11-13H2,1-3H3,(H2,29,30);3,6-8,10-12,16,18H,4-5H2,1-2H3,(H2,22,23)/t2*16?,17-,18+,22?;10?,11-,12+,16?. The summed E-state index contributed by atoms with van der Waals surface area (Å²) in [6.07, 6.45) is 0.164. The molecule has 20 nitrogen and oxygen atoms in total. The molecular weight excluding hydrogens is 1280 g/mol. The van der Waals surface area contributed by atoms with Gasteiger partial charge in [-0.3, -0.25) is 23.8 Å². The number of anilines is 3. The van der Waals surface area contributed by atoms with Gasteiger partial charge in [0.15, 0.2) is 23.1 Å². The topological polar surface area (TPSA) is 220 Å². The molecule has 4 aliphatic heterocycles. The quantitative estimate of drug-likeness (QED) is 0.0863. The lowest BCUT2D eigenvalue weighted by atomic mass is 9.88. The zero-order valence-electron chi connectivity index (χ0n) is 55.8. The van der Waals surface area contributed by atoms with E-state index in [4.69, 9.17) is 36.9 Å². The van der Waals surface area contributed by atoms with Gasteiger partial charge in [0.25, 0.3) is 0 Å². The van der Waals surface area contributed by atoms with E-state index in [-0.39, 0.29) is 46.7 Å². The lowest BCUT2D eigenvalue weighted by Crippen LogP contribution is -2.71. The Bertz CT molecular complexity index is 3830. The predicted molar refractivity (Wildman–Crippen MR) is 344 cm³/mol. The van der Waals surface area contributed by atoms with Crippen molar-refractivity contribution in [3.05, 3.63) is 77.6 Å². The summed E-state index contributed by atoms with van der Waals surface area (Å²) in [4.78, 5) is 21.6. The van der Waals surface area contributed by atoms with E-state index in [1.54, 1.807) is 0 Å². The van der Waals surface area contributed by atoms with Gasteiger partial charge in [-0.1, -0.05) is 0 Å². The smallest absolute Gasteiger partial charge is 0.431 e. The second kappa shape index (κ2) is 25.1. The number of pyridine rings is 3. The molecule has 0 bridgehead atoms. The van der Waals surface area contributed by atoms with Gasteiger partial charge in [-0.25, -0.2) is 19.3 Å². The second-order valence-electron chi connectivity index (χ2n) is 30.0. The highest BCUT2D eigenvalue weighted by Gasteiger charge is 2.63. The van der Waals surface area contributed by atoms with Gasteiger partial charge in [0, 0.05) is 153 Å². The molecule has 6 N–H and O–H groups in total. The van der Waals surface area contributed by atoms with E-state index in [1.807, 2.05) is 46.1 Å². The molecule has 10 aliphatic rings. The van der Waals surface area contributed by atoms with Gasteiger partial charge in [0.05, 0.1) is 35.9 Å². The highest BCUT2D eigenvalue weighted by atomic mass is 19.4. The van der Waals surface area contributed by atoms with Crippen molar-refractivity contribution in [3.63, 3.8) is 0 Å². The average molecular weight is 1360 g/mol. The summed E-state index contributed by atoms with van der Waals surface area (Å²) in [5.74, 6) is 2.84. The van der Waals surface area contributed by atoms with Crippen molar-refractivity contribution >= 4 is 17.5 Å². The first kappa shape index (κ1) is 67.4. The largest absolute Gasteiger partial charge is 0.573 e. The zero-order valence-corrected chi connectivity index (χ0v) is 55.8. The second-order valence-corrected chi connectivity index (χ2v) is 30.0. The molecule has 4 saturated heterocycles. The number of likely N-dealkylation sites (tertiary alicyclic amines) is 2. The Kier molecular flexibility index (Phi) is 17.5. The van der Waals surface area contributed by atoms with Crippen molar-refractivity contribution in [1.29, 1.82) is 0 Å². The van der Waals surface area contributed by atoms with Crippen molar-refractivity contribution in [2.24, 2.45) is 35.5 Å². The van der Waals surface area contributed by atoms with Crippen LogP contribution >= 0.6 is 0 Å². The molecule has 0 radical (unpaired) electrons. The molecule has 6 aromatic heterocycles. The summed E-state index contributed by atoms with van der Waals surface area (Å²) in [6.45, 7) is 19.1. The van der Waals surface area contributed by atoms with Crippen molar-refractivity contribution < 1.29 is 58.5 Å². The number of aromatic nitrogens is 9. The highest BCUT2D eigenvalue weighted by Crippen LogP contribution is 2.67. The van der Waals surface area contributed by atoms with E-state index >= 15 is 0 Å². The summed E-state index contributed by atoms with van der Waals surface area (Å²) in [7, 11) is 4.33. The van der Waals surface area contributed by atoms with Crippen LogP contribution in [0.1, 0.15) is 139 Å². The van der Waals surface area contributed by atoms with Crippen LogP contribution in [0, 0.1) is 35.5 Å². The number of hydrogen-bond acceptors (Lipinski definition) is 17. The number of nitrogen functional groups attached to an aromatic ring is 3. The van der Waals surface area contributed by atoms with Crippen LogP contribution in [0.3, 0.4) is 0 Å². The Balaban J connectivity index is 0.000000127. The Morgan fingerprint density at radius 3 is 1.23 bits per heavy atom. The van der Waals surface area contributed by atoms with Gasteiger partial charge in [0.2, 0.25) is 0 Å². The van der Waals surface area contributed by atoms with Crippen LogP contribution in [0.4, 0.5) is 57.0 Å². The number of likely N-dealkylation sites (N-methyl/N-ethyl adjacent to an activating group) is 2. The SMILES string of the molecule is CC(C)n1nc(-c2cnc(N)c(C(F)(F)F)c2)cc1C1[C@H]2CC(N3CC4(CN(C)CCO4)C3)C[C@@H]12.CC(C)n1nc(-c2cnc(N)c(OC(F)(F)F)c2)cc1C1[C@H]2CC(N3CC4(CN(C)CCO4)C3)C[C@@H]12.CC(C)n1nc(-c2cnc(N)c(OC(F)F)c2)cc1C1[C@H]2CC(F)C[C@@H]12. The highest BCUT2D eigenvalue weighted by molar-refractivity contribution is 5.66. The summed E-state index contributed by atoms with van der Waals surface area (Å²) in [5.41, 5.74) is 22.3. The van der Waals surface area contributed by atoms with Gasteiger partial charge in [0.1, 0.15) is 23.2 Å². The molecule has 0 aromatic carbocycles. The van der Waals surface area contributed by atoms with Crippen LogP contribution in [-0.4, -0.2) is 186 Å². The molecule has 6 saturated carbocycles. The molecule has 6 unspecified atom stereocenters. The lowest BCUT2D eigenvalue weighted by molar-refractivity contribution is -0.274. The Morgan fingerprint density at radius 2 is 0.866 bits per heavy atom. The van der Waals surface area contributed by atoms with E-state index in [1.165, 1.54) is 56.4 Å². The fourth-order valence-corrected chi connectivity index (χ4v) is 17.7. The molecule has 12 atom stereocenters. The number of rotatable bonds is 14. The Labute approximate surface area is 557 Å². The van der Waals surface area contributed by atoms with Gasteiger partial charge >= 0.3 is 19.2 Å². The minimum Gasteiger partial charge on any atom is -0.431 e. The van der Waals surface area contributed by atoms with E-state index in [2.05, 4.69) is 90.9 Å². The normalized spacial score (nSPS) is 29.5. The number of fused-ring (bicyclic) bond motifs is 3. The molecule has 29 heteroatoms. The maximum Gasteiger partial charge on any atom is 0.573 e. The van der Waals surface area contributed by atoms with Gasteiger partial charge in [-0.05, 0) is 166 Å². The Morgan fingerprint density at radius 1 is 0.505 bits per heavy atom. The zero-order chi connectivity index (χ0) is 68.7. The van der Waals surface area contributed by atoms with Crippen LogP contribution in [-0.2, 0) is 15.7 Å². The maximum absolute atomic E-state index is 13.5. The van der Waals surface area contributed by atoms with Crippen LogP contribution in [0.25, 0.3) is 33.8 Å². The summed E-state index contributed by atoms with van der Waals surface area (Å²) in [6, 6.07) is 11.3. The van der Waals surface area contributed by atoms with E-state index < -0.39 is 42.5 Å². The van der Waals surface area contributed by atoms with E-state index in [9.17, 15) is 39.5 Å². The number of ether oxygens (including phenoxy) is 4. The monoisotopic (exact) mass is 1360 g/mol. The summed E-state index contributed by atoms with van der Waals surface area (Å²) in [5, 5.41) is 14.1. The number of hydrogen-bond donors (Lipinski definition) is 3. The first-order valence-electron chi connectivity index (χ1n) is 34.0. The number of halogens is 9. The molecule has 526 valence electrons. The lowest BCUT2D eigenvalue weighted by Gasteiger charge is -2.55. The number of morpholine rings is 2. The van der Waals surface area contributed by atoms with Crippen LogP contribution < -0.4 is 26.7 Å². The summed E-state index contributed by atoms with van der Waals surface area (Å²) >= 11 is 0. The fraction of sp³-hybridized carbons (Fsp3) is 0.647. The molecule has 10 fully saturated rings. The molecule has 0 amide bonds. The minimum absolute atomic E-state index is 0.0200. The molecular formula is C68H87F9N16O4. The molecule has 10 heterocycles. The van der Waals surface area contributed by atoms with Crippen molar-refractivity contribution in [2.75, 3.05) is 96.9 Å². The van der Waals surface area contributed by atoms with Crippen LogP contribution in [0.5, 0.6) is 11.5 Å². The molecule has 16 rings (SSSR count).